The third-order valence-corrected chi connectivity index (χ3v) is 4.60. The van der Waals surface area contributed by atoms with Gasteiger partial charge in [-0.05, 0) is 42.8 Å². The fourth-order valence-electron chi connectivity index (χ4n) is 3.15. The third-order valence-electron chi connectivity index (χ3n) is 4.60. The quantitative estimate of drug-likeness (QED) is 0.675. The number of H-pyrrole nitrogens is 1. The summed E-state index contributed by atoms with van der Waals surface area (Å²) in [6.07, 6.45) is 1.10. The molecule has 0 saturated heterocycles. The van der Waals surface area contributed by atoms with Crippen LogP contribution in [0.1, 0.15) is 25.3 Å². The maximum atomic E-state index is 12.8. The minimum absolute atomic E-state index is 0.0582. The first-order valence-corrected chi connectivity index (χ1v) is 9.20. The summed E-state index contributed by atoms with van der Waals surface area (Å²) in [6, 6.07) is 14.6. The van der Waals surface area contributed by atoms with Crippen molar-refractivity contribution in [2.24, 2.45) is 0 Å². The highest BCUT2D eigenvalue weighted by Gasteiger charge is 2.20. The van der Waals surface area contributed by atoms with Crippen LogP contribution in [0.25, 0.3) is 10.9 Å². The molecule has 1 heterocycles. The molecule has 1 amide bonds. The molecule has 1 aromatic heterocycles. The number of carbonyl (C=O) groups excluding carboxylic acids is 1. The summed E-state index contributed by atoms with van der Waals surface area (Å²) in [7, 11) is 3.16. The van der Waals surface area contributed by atoms with Gasteiger partial charge in [-0.1, -0.05) is 19.1 Å². The first-order valence-electron chi connectivity index (χ1n) is 9.20. The molecular formula is C22H24N2O4. The Bertz CT molecular complexity index is 1040. The third kappa shape index (κ3) is 4.01. The smallest absolute Gasteiger partial charge is 0.253 e. The molecule has 0 bridgehead atoms. The highest BCUT2D eigenvalue weighted by molar-refractivity contribution is 5.95. The van der Waals surface area contributed by atoms with Crippen LogP contribution < -0.4 is 19.9 Å². The largest absolute Gasteiger partial charge is 0.497 e. The van der Waals surface area contributed by atoms with E-state index in [1.165, 1.54) is 0 Å². The summed E-state index contributed by atoms with van der Waals surface area (Å²) < 4.78 is 10.7. The van der Waals surface area contributed by atoms with Gasteiger partial charge in [0.25, 0.3) is 5.56 Å². The van der Waals surface area contributed by atoms with Crippen LogP contribution in [0.15, 0.2) is 53.3 Å². The summed E-state index contributed by atoms with van der Waals surface area (Å²) in [4.78, 5) is 30.0. The molecule has 0 atom stereocenters. The van der Waals surface area contributed by atoms with Crippen molar-refractivity contribution in [1.82, 2.24) is 4.98 Å². The second kappa shape index (κ2) is 8.61. The summed E-state index contributed by atoms with van der Waals surface area (Å²) in [5, 5.41) is 0.844. The Kier molecular flexibility index (Phi) is 5.99. The van der Waals surface area contributed by atoms with E-state index in [9.17, 15) is 9.59 Å². The molecule has 3 rings (SSSR count). The van der Waals surface area contributed by atoms with Gasteiger partial charge in [-0.15, -0.1) is 0 Å². The van der Waals surface area contributed by atoms with Crippen LogP contribution in [0.2, 0.25) is 0 Å². The molecular weight excluding hydrogens is 356 g/mol. The average Bonchev–Trinajstić information content (AvgIpc) is 2.72. The highest BCUT2D eigenvalue weighted by Crippen LogP contribution is 2.30. The monoisotopic (exact) mass is 380 g/mol. The lowest BCUT2D eigenvalue weighted by molar-refractivity contribution is -0.118. The predicted molar refractivity (Wildman–Crippen MR) is 110 cm³/mol. The van der Waals surface area contributed by atoms with Crippen molar-refractivity contribution >= 4 is 22.5 Å². The molecule has 0 aliphatic carbocycles. The van der Waals surface area contributed by atoms with Gasteiger partial charge < -0.3 is 19.4 Å². The van der Waals surface area contributed by atoms with Crippen molar-refractivity contribution in [2.75, 3.05) is 19.1 Å². The first-order chi connectivity index (χ1) is 13.6. The van der Waals surface area contributed by atoms with E-state index < -0.39 is 0 Å². The molecule has 0 radical (unpaired) electrons. The lowest BCUT2D eigenvalue weighted by atomic mass is 10.1. The number of para-hydroxylation sites is 2. The molecule has 28 heavy (non-hydrogen) atoms. The number of rotatable bonds is 7. The van der Waals surface area contributed by atoms with Crippen LogP contribution in [-0.4, -0.2) is 25.1 Å². The number of hydrogen-bond acceptors (Lipinski definition) is 4. The Hall–Kier alpha value is -3.28. The average molecular weight is 380 g/mol. The van der Waals surface area contributed by atoms with Crippen LogP contribution >= 0.6 is 0 Å². The molecule has 0 aliphatic rings. The predicted octanol–water partition coefficient (Wildman–Crippen LogP) is 3.88. The highest BCUT2D eigenvalue weighted by atomic mass is 16.5. The number of fused-ring (bicyclic) bond motifs is 1. The number of pyridine rings is 1. The zero-order chi connectivity index (χ0) is 20.1. The topological polar surface area (TPSA) is 71.6 Å². The second-order valence-electron chi connectivity index (χ2n) is 6.48. The van der Waals surface area contributed by atoms with Crippen molar-refractivity contribution in [2.45, 2.75) is 26.3 Å². The zero-order valence-corrected chi connectivity index (χ0v) is 16.3. The Labute approximate surface area is 163 Å². The minimum Gasteiger partial charge on any atom is -0.497 e. The molecule has 6 nitrogen and oxygen atoms in total. The fraction of sp³-hybridized carbons (Fsp3) is 0.273. The van der Waals surface area contributed by atoms with Gasteiger partial charge in [0.1, 0.15) is 11.5 Å². The number of carbonyl (C=O) groups is 1. The number of nitrogens with one attached hydrogen (secondary N) is 1. The van der Waals surface area contributed by atoms with Gasteiger partial charge in [0, 0.05) is 22.9 Å². The number of ether oxygens (including phenoxy) is 2. The first kappa shape index (κ1) is 19.5. The van der Waals surface area contributed by atoms with E-state index in [1.54, 1.807) is 43.4 Å². The molecule has 0 aliphatic heterocycles. The molecule has 6 heteroatoms. The molecule has 0 saturated carbocycles. The number of aromatic nitrogens is 1. The van der Waals surface area contributed by atoms with Crippen molar-refractivity contribution < 1.29 is 14.3 Å². The lowest BCUT2D eigenvalue weighted by Gasteiger charge is -2.24. The van der Waals surface area contributed by atoms with E-state index in [4.69, 9.17) is 9.47 Å². The maximum absolute atomic E-state index is 12.8. The number of amides is 1. The van der Waals surface area contributed by atoms with E-state index in [0.717, 1.165) is 17.3 Å². The fourth-order valence-corrected chi connectivity index (χ4v) is 3.15. The van der Waals surface area contributed by atoms with Crippen molar-refractivity contribution in [1.29, 1.82) is 0 Å². The van der Waals surface area contributed by atoms with Gasteiger partial charge >= 0.3 is 0 Å². The second-order valence-corrected chi connectivity index (χ2v) is 6.48. The number of anilines is 1. The Morgan fingerprint density at radius 3 is 2.57 bits per heavy atom. The molecule has 2 aromatic carbocycles. The zero-order valence-electron chi connectivity index (χ0n) is 16.3. The summed E-state index contributed by atoms with van der Waals surface area (Å²) in [6.45, 7) is 2.11. The maximum Gasteiger partial charge on any atom is 0.253 e. The van der Waals surface area contributed by atoms with Crippen LogP contribution in [0.3, 0.4) is 0 Å². The molecule has 0 unspecified atom stereocenters. The van der Waals surface area contributed by atoms with Gasteiger partial charge in [-0.3, -0.25) is 9.59 Å². The van der Waals surface area contributed by atoms with E-state index in [2.05, 4.69) is 4.98 Å². The van der Waals surface area contributed by atoms with E-state index >= 15 is 0 Å². The molecule has 1 N–H and O–H groups in total. The SMILES string of the molecule is CCCC(=O)N(Cc1cc2cc(OC)ccc2[nH]c1=O)c1ccccc1OC. The van der Waals surface area contributed by atoms with E-state index in [0.29, 0.717) is 29.2 Å². The molecule has 3 aromatic rings. The van der Waals surface area contributed by atoms with Gasteiger partial charge in [0.05, 0.1) is 26.5 Å². The van der Waals surface area contributed by atoms with Crippen LogP contribution in [0, 0.1) is 0 Å². The van der Waals surface area contributed by atoms with Crippen molar-refractivity contribution in [3.8, 4) is 11.5 Å². The van der Waals surface area contributed by atoms with E-state index in [1.807, 2.05) is 31.2 Å². The van der Waals surface area contributed by atoms with Gasteiger partial charge in [-0.2, -0.15) is 0 Å². The number of methoxy groups -OCH3 is 2. The molecule has 0 fully saturated rings. The number of hydrogen-bond donors (Lipinski definition) is 1. The van der Waals surface area contributed by atoms with Gasteiger partial charge in [0.2, 0.25) is 5.91 Å². The summed E-state index contributed by atoms with van der Waals surface area (Å²) in [5.74, 6) is 1.23. The van der Waals surface area contributed by atoms with Gasteiger partial charge in [0.15, 0.2) is 0 Å². The molecule has 146 valence electrons. The molecule has 0 spiro atoms. The number of benzene rings is 2. The van der Waals surface area contributed by atoms with Crippen LogP contribution in [0.4, 0.5) is 5.69 Å². The summed E-state index contributed by atoms with van der Waals surface area (Å²) in [5.41, 5.74) is 1.64. The van der Waals surface area contributed by atoms with Gasteiger partial charge in [-0.25, -0.2) is 0 Å². The van der Waals surface area contributed by atoms with Crippen molar-refractivity contribution in [3.05, 3.63) is 64.4 Å². The van der Waals surface area contributed by atoms with Crippen LogP contribution in [0.5, 0.6) is 11.5 Å². The lowest BCUT2D eigenvalue weighted by Crippen LogP contribution is -2.32. The summed E-state index contributed by atoms with van der Waals surface area (Å²) >= 11 is 0. The van der Waals surface area contributed by atoms with Crippen LogP contribution in [-0.2, 0) is 11.3 Å². The normalized spacial score (nSPS) is 10.7. The van der Waals surface area contributed by atoms with E-state index in [-0.39, 0.29) is 18.0 Å². The Balaban J connectivity index is 2.06. The minimum atomic E-state index is -0.220. The number of nitrogens with zero attached hydrogens (tertiary/aromatic N) is 1. The standard InChI is InChI=1S/C22H24N2O4/c1-4-7-21(25)24(19-8-5-6-9-20(19)28-3)14-16-12-15-13-17(27-2)10-11-18(15)23-22(16)26/h5-6,8-13H,4,7,14H2,1-3H3,(H,23,26). The van der Waals surface area contributed by atoms with Crippen molar-refractivity contribution in [3.63, 3.8) is 0 Å². The Morgan fingerprint density at radius 1 is 1.07 bits per heavy atom. The Morgan fingerprint density at radius 2 is 1.86 bits per heavy atom. The number of aromatic amines is 1.